The third kappa shape index (κ3) is 2.16. The highest BCUT2D eigenvalue weighted by Gasteiger charge is 2.37. The van der Waals surface area contributed by atoms with Crippen LogP contribution in [0, 0.1) is 0 Å². The fourth-order valence-corrected chi connectivity index (χ4v) is 4.22. The van der Waals surface area contributed by atoms with Crippen LogP contribution in [-0.2, 0) is 0 Å². The van der Waals surface area contributed by atoms with Gasteiger partial charge in [-0.3, -0.25) is 9.59 Å². The standard InChI is InChI=1S/C17H15N5O3S/c1-9(15-18-4-6-26-15)22-17(24)10-8-13-11(7-12(10)19-20-22)16(23)21-5-2-3-14(21)25-13/h4,6-9,14H,2-3,5H2,1H3. The number of benzene rings is 1. The minimum atomic E-state index is -0.316. The number of ether oxygens (including phenoxy) is 1. The Balaban J connectivity index is 1.65. The van der Waals surface area contributed by atoms with Crippen molar-refractivity contribution in [2.45, 2.75) is 32.0 Å². The summed E-state index contributed by atoms with van der Waals surface area (Å²) in [5.41, 5.74) is 0.561. The number of hydrogen-bond acceptors (Lipinski definition) is 7. The average molecular weight is 369 g/mol. The van der Waals surface area contributed by atoms with Gasteiger partial charge in [0.05, 0.1) is 10.9 Å². The van der Waals surface area contributed by atoms with Crippen LogP contribution in [0.15, 0.2) is 28.5 Å². The van der Waals surface area contributed by atoms with Gasteiger partial charge in [0, 0.05) is 24.5 Å². The Morgan fingerprint density at radius 1 is 1.35 bits per heavy atom. The van der Waals surface area contributed by atoms with Gasteiger partial charge in [-0.1, -0.05) is 5.21 Å². The Hall–Kier alpha value is -2.81. The Bertz CT molecular complexity index is 1080. The van der Waals surface area contributed by atoms with Crippen LogP contribution < -0.4 is 10.3 Å². The van der Waals surface area contributed by atoms with Crippen molar-refractivity contribution in [3.8, 4) is 5.75 Å². The van der Waals surface area contributed by atoms with Crippen molar-refractivity contribution in [2.24, 2.45) is 0 Å². The second-order valence-corrected chi connectivity index (χ2v) is 7.39. The number of hydrogen-bond donors (Lipinski definition) is 0. The first-order valence-electron chi connectivity index (χ1n) is 8.44. The Morgan fingerprint density at radius 3 is 3.04 bits per heavy atom. The van der Waals surface area contributed by atoms with Crippen molar-refractivity contribution in [1.82, 2.24) is 24.9 Å². The van der Waals surface area contributed by atoms with E-state index < -0.39 is 0 Å². The highest BCUT2D eigenvalue weighted by molar-refractivity contribution is 7.09. The number of aromatic nitrogens is 4. The van der Waals surface area contributed by atoms with E-state index >= 15 is 0 Å². The minimum absolute atomic E-state index is 0.0715. The van der Waals surface area contributed by atoms with Gasteiger partial charge in [-0.25, -0.2) is 9.67 Å². The predicted molar refractivity (Wildman–Crippen MR) is 94.4 cm³/mol. The maximum Gasteiger partial charge on any atom is 0.278 e. The molecule has 1 saturated heterocycles. The van der Waals surface area contributed by atoms with Crippen molar-refractivity contribution in [2.75, 3.05) is 6.54 Å². The molecule has 1 fully saturated rings. The molecule has 0 saturated carbocycles. The monoisotopic (exact) mass is 369 g/mol. The quantitative estimate of drug-likeness (QED) is 0.684. The number of carbonyl (C=O) groups is 1. The van der Waals surface area contributed by atoms with Crippen LogP contribution in [0.25, 0.3) is 10.9 Å². The molecule has 26 heavy (non-hydrogen) atoms. The van der Waals surface area contributed by atoms with Gasteiger partial charge in [-0.05, 0) is 25.5 Å². The lowest BCUT2D eigenvalue weighted by Crippen LogP contribution is -2.43. The summed E-state index contributed by atoms with van der Waals surface area (Å²) in [6.07, 6.45) is 3.18. The van der Waals surface area contributed by atoms with Crippen molar-refractivity contribution >= 4 is 28.1 Å². The highest BCUT2D eigenvalue weighted by atomic mass is 32.1. The van der Waals surface area contributed by atoms with Crippen LogP contribution in [0.4, 0.5) is 0 Å². The largest absolute Gasteiger partial charge is 0.470 e. The third-order valence-corrected chi connectivity index (χ3v) is 5.86. The summed E-state index contributed by atoms with van der Waals surface area (Å²) in [5, 5.41) is 11.3. The smallest absolute Gasteiger partial charge is 0.278 e. The van der Waals surface area contributed by atoms with Crippen LogP contribution in [0.5, 0.6) is 5.75 Å². The van der Waals surface area contributed by atoms with Crippen LogP contribution in [0.1, 0.15) is 41.2 Å². The van der Waals surface area contributed by atoms with Gasteiger partial charge in [0.15, 0.2) is 6.23 Å². The van der Waals surface area contributed by atoms with E-state index in [4.69, 9.17) is 4.74 Å². The molecule has 2 unspecified atom stereocenters. The van der Waals surface area contributed by atoms with E-state index in [0.717, 1.165) is 17.8 Å². The van der Waals surface area contributed by atoms with E-state index in [-0.39, 0.29) is 23.7 Å². The molecular formula is C17H15N5O3S. The van der Waals surface area contributed by atoms with Gasteiger partial charge >= 0.3 is 0 Å². The van der Waals surface area contributed by atoms with Crippen LogP contribution in [-0.4, -0.2) is 43.6 Å². The van der Waals surface area contributed by atoms with Crippen molar-refractivity contribution < 1.29 is 9.53 Å². The summed E-state index contributed by atoms with van der Waals surface area (Å²) < 4.78 is 7.28. The van der Waals surface area contributed by atoms with E-state index in [2.05, 4.69) is 15.3 Å². The van der Waals surface area contributed by atoms with Crippen molar-refractivity contribution in [3.05, 3.63) is 44.6 Å². The zero-order valence-electron chi connectivity index (χ0n) is 14.0. The number of rotatable bonds is 2. The molecule has 2 aliphatic rings. The first-order chi connectivity index (χ1) is 12.6. The number of amides is 1. The number of fused-ring (bicyclic) bond motifs is 3. The number of carbonyl (C=O) groups excluding carboxylic acids is 1. The van der Waals surface area contributed by atoms with E-state index in [1.165, 1.54) is 16.0 Å². The second-order valence-electron chi connectivity index (χ2n) is 6.46. The SMILES string of the molecule is CC(c1nccs1)n1nnc2cc3c(cc2c1=O)OC1CCCN1C3=O. The predicted octanol–water partition coefficient (Wildman–Crippen LogP) is 1.81. The Morgan fingerprint density at radius 2 is 2.23 bits per heavy atom. The molecular weight excluding hydrogens is 354 g/mol. The molecule has 2 atom stereocenters. The van der Waals surface area contributed by atoms with E-state index in [9.17, 15) is 9.59 Å². The molecule has 8 nitrogen and oxygen atoms in total. The summed E-state index contributed by atoms with van der Waals surface area (Å²) in [7, 11) is 0. The highest BCUT2D eigenvalue weighted by Crippen LogP contribution is 2.34. The molecule has 0 bridgehead atoms. The minimum Gasteiger partial charge on any atom is -0.470 e. The first-order valence-corrected chi connectivity index (χ1v) is 9.32. The molecule has 2 aliphatic heterocycles. The lowest BCUT2D eigenvalue weighted by atomic mass is 10.1. The molecule has 1 aromatic carbocycles. The normalized spacial score (nSPS) is 20.0. The molecule has 0 radical (unpaired) electrons. The van der Waals surface area contributed by atoms with Gasteiger partial charge < -0.3 is 9.64 Å². The molecule has 132 valence electrons. The molecule has 5 rings (SSSR count). The molecule has 3 aromatic rings. The lowest BCUT2D eigenvalue weighted by Gasteiger charge is -2.31. The summed E-state index contributed by atoms with van der Waals surface area (Å²) in [6, 6.07) is 2.91. The van der Waals surface area contributed by atoms with Crippen molar-refractivity contribution in [1.29, 1.82) is 0 Å². The van der Waals surface area contributed by atoms with Gasteiger partial charge in [0.1, 0.15) is 22.3 Å². The second kappa shape index (κ2) is 5.60. The number of nitrogens with zero attached hydrogens (tertiary/aromatic N) is 5. The average Bonchev–Trinajstić information content (AvgIpc) is 3.33. The van der Waals surface area contributed by atoms with E-state index in [0.29, 0.717) is 28.8 Å². The zero-order valence-corrected chi connectivity index (χ0v) is 14.8. The number of thiazole rings is 1. The maximum absolute atomic E-state index is 12.9. The Labute approximate surface area is 152 Å². The molecule has 4 heterocycles. The van der Waals surface area contributed by atoms with E-state index in [1.807, 2.05) is 12.3 Å². The Kier molecular flexibility index (Phi) is 3.33. The van der Waals surface area contributed by atoms with Gasteiger partial charge in [-0.15, -0.1) is 16.4 Å². The molecule has 9 heteroatoms. The molecule has 0 N–H and O–H groups in total. The third-order valence-electron chi connectivity index (χ3n) is 4.91. The fourth-order valence-electron chi connectivity index (χ4n) is 3.54. The molecule has 0 spiro atoms. The topological polar surface area (TPSA) is 90.2 Å². The molecule has 1 amide bonds. The molecule has 0 aliphatic carbocycles. The maximum atomic E-state index is 12.9. The first kappa shape index (κ1) is 15.4. The summed E-state index contributed by atoms with van der Waals surface area (Å²) >= 11 is 1.46. The van der Waals surface area contributed by atoms with Crippen molar-refractivity contribution in [3.63, 3.8) is 0 Å². The van der Waals surface area contributed by atoms with E-state index in [1.54, 1.807) is 23.2 Å². The summed E-state index contributed by atoms with van der Waals surface area (Å²) in [4.78, 5) is 31.6. The zero-order chi connectivity index (χ0) is 17.8. The fraction of sp³-hybridized carbons (Fsp3) is 0.353. The van der Waals surface area contributed by atoms with Gasteiger partial charge in [0.2, 0.25) is 0 Å². The summed E-state index contributed by atoms with van der Waals surface area (Å²) in [5.74, 6) is 0.377. The lowest BCUT2D eigenvalue weighted by molar-refractivity contribution is 0.0295. The van der Waals surface area contributed by atoms with Gasteiger partial charge in [0.25, 0.3) is 11.5 Å². The molecule has 2 aromatic heterocycles. The van der Waals surface area contributed by atoms with Crippen LogP contribution in [0.3, 0.4) is 0 Å². The summed E-state index contributed by atoms with van der Waals surface area (Å²) in [6.45, 7) is 2.55. The van der Waals surface area contributed by atoms with Gasteiger partial charge in [-0.2, -0.15) is 0 Å². The van der Waals surface area contributed by atoms with Crippen LogP contribution >= 0.6 is 11.3 Å². The van der Waals surface area contributed by atoms with Crippen LogP contribution in [0.2, 0.25) is 0 Å².